The Bertz CT molecular complexity index is 418. The molecule has 1 fully saturated rings. The van der Waals surface area contributed by atoms with Crippen LogP contribution in [0.15, 0.2) is 18.2 Å². The Hall–Kier alpha value is -0.820. The quantitative estimate of drug-likeness (QED) is 0.842. The molecule has 0 heterocycles. The van der Waals surface area contributed by atoms with Crippen molar-refractivity contribution in [3.05, 3.63) is 34.9 Å². The van der Waals surface area contributed by atoms with E-state index < -0.39 is 0 Å². The molecule has 19 heavy (non-hydrogen) atoms. The molecule has 1 aromatic carbocycles. The summed E-state index contributed by atoms with van der Waals surface area (Å²) in [5, 5.41) is 0. The standard InChI is InChI=1S/C18H27N/c19-18(12-9-14-5-1-2-6-14)17-11-10-15-7-3-4-8-16(15)13-17/h10-11,13-14,18H,1-9,12,19H2. The van der Waals surface area contributed by atoms with Crippen molar-refractivity contribution >= 4 is 0 Å². The second-order valence-electron chi connectivity index (χ2n) is 6.57. The second-order valence-corrected chi connectivity index (χ2v) is 6.57. The first kappa shape index (κ1) is 13.2. The van der Waals surface area contributed by atoms with Gasteiger partial charge in [-0.25, -0.2) is 0 Å². The van der Waals surface area contributed by atoms with Gasteiger partial charge in [-0.2, -0.15) is 0 Å². The highest BCUT2D eigenvalue weighted by molar-refractivity contribution is 5.35. The van der Waals surface area contributed by atoms with Crippen LogP contribution in [0, 0.1) is 5.92 Å². The molecular formula is C18H27N. The Kier molecular flexibility index (Phi) is 4.22. The molecule has 1 saturated carbocycles. The van der Waals surface area contributed by atoms with Gasteiger partial charge in [-0.3, -0.25) is 0 Å². The van der Waals surface area contributed by atoms with Crippen molar-refractivity contribution in [3.63, 3.8) is 0 Å². The molecule has 1 aromatic rings. The number of aryl methyl sites for hydroxylation is 2. The van der Waals surface area contributed by atoms with E-state index in [-0.39, 0.29) is 6.04 Å². The molecule has 2 aliphatic carbocycles. The summed E-state index contributed by atoms with van der Waals surface area (Å²) in [6.07, 6.45) is 13.5. The minimum absolute atomic E-state index is 0.257. The number of hydrogen-bond donors (Lipinski definition) is 1. The molecular weight excluding hydrogens is 230 g/mol. The second kappa shape index (κ2) is 6.09. The molecule has 2 aliphatic rings. The van der Waals surface area contributed by atoms with Crippen molar-refractivity contribution < 1.29 is 0 Å². The molecule has 1 nitrogen and oxygen atoms in total. The van der Waals surface area contributed by atoms with Gasteiger partial charge in [-0.15, -0.1) is 0 Å². The molecule has 1 unspecified atom stereocenters. The van der Waals surface area contributed by atoms with E-state index in [0.717, 1.165) is 5.92 Å². The van der Waals surface area contributed by atoms with E-state index in [1.54, 1.807) is 11.1 Å². The predicted octanol–water partition coefficient (Wildman–Crippen LogP) is 4.54. The zero-order chi connectivity index (χ0) is 13.1. The van der Waals surface area contributed by atoms with Gasteiger partial charge in [-0.1, -0.05) is 43.9 Å². The maximum Gasteiger partial charge on any atom is 0.0295 e. The van der Waals surface area contributed by atoms with Gasteiger partial charge in [0.05, 0.1) is 0 Å². The summed E-state index contributed by atoms with van der Waals surface area (Å²) in [6.45, 7) is 0. The lowest BCUT2D eigenvalue weighted by molar-refractivity contribution is 0.454. The molecule has 0 radical (unpaired) electrons. The molecule has 104 valence electrons. The molecule has 0 amide bonds. The highest BCUT2D eigenvalue weighted by atomic mass is 14.6. The average Bonchev–Trinajstić information content (AvgIpc) is 2.97. The van der Waals surface area contributed by atoms with Crippen molar-refractivity contribution in [1.29, 1.82) is 0 Å². The van der Waals surface area contributed by atoms with Gasteiger partial charge in [0.1, 0.15) is 0 Å². The van der Waals surface area contributed by atoms with Crippen LogP contribution in [-0.4, -0.2) is 0 Å². The Labute approximate surface area is 117 Å². The normalized spacial score (nSPS) is 21.3. The van der Waals surface area contributed by atoms with E-state index in [9.17, 15) is 0 Å². The summed E-state index contributed by atoms with van der Waals surface area (Å²) in [6, 6.07) is 7.27. The van der Waals surface area contributed by atoms with Gasteiger partial charge >= 0.3 is 0 Å². The van der Waals surface area contributed by atoms with Crippen LogP contribution in [0.5, 0.6) is 0 Å². The zero-order valence-electron chi connectivity index (χ0n) is 12.0. The minimum Gasteiger partial charge on any atom is -0.324 e. The molecule has 0 aliphatic heterocycles. The maximum absolute atomic E-state index is 6.41. The zero-order valence-corrected chi connectivity index (χ0v) is 12.0. The highest BCUT2D eigenvalue weighted by Crippen LogP contribution is 2.31. The van der Waals surface area contributed by atoms with Crippen LogP contribution in [0.25, 0.3) is 0 Å². The van der Waals surface area contributed by atoms with Gasteiger partial charge in [0.25, 0.3) is 0 Å². The van der Waals surface area contributed by atoms with Crippen LogP contribution >= 0.6 is 0 Å². The van der Waals surface area contributed by atoms with Crippen LogP contribution in [0.2, 0.25) is 0 Å². The summed E-state index contributed by atoms with van der Waals surface area (Å²) in [4.78, 5) is 0. The third-order valence-electron chi connectivity index (χ3n) is 5.16. The third kappa shape index (κ3) is 3.20. The van der Waals surface area contributed by atoms with E-state index in [0.29, 0.717) is 0 Å². The van der Waals surface area contributed by atoms with Crippen LogP contribution in [0.3, 0.4) is 0 Å². The molecule has 2 N–H and O–H groups in total. The van der Waals surface area contributed by atoms with Crippen molar-refractivity contribution in [2.24, 2.45) is 11.7 Å². The van der Waals surface area contributed by atoms with Crippen molar-refractivity contribution in [2.75, 3.05) is 0 Å². The number of fused-ring (bicyclic) bond motifs is 1. The topological polar surface area (TPSA) is 26.0 Å². The SMILES string of the molecule is NC(CCC1CCCC1)c1ccc2c(c1)CCCC2. The van der Waals surface area contributed by atoms with Gasteiger partial charge in [0.15, 0.2) is 0 Å². The van der Waals surface area contributed by atoms with Crippen LogP contribution in [0.1, 0.15) is 74.1 Å². The molecule has 0 aromatic heterocycles. The molecule has 1 heteroatoms. The number of rotatable bonds is 4. The van der Waals surface area contributed by atoms with Crippen molar-refractivity contribution in [1.82, 2.24) is 0 Å². The van der Waals surface area contributed by atoms with E-state index in [2.05, 4.69) is 18.2 Å². The predicted molar refractivity (Wildman–Crippen MR) is 81.2 cm³/mol. The van der Waals surface area contributed by atoms with Crippen LogP contribution in [0.4, 0.5) is 0 Å². The Morgan fingerprint density at radius 3 is 2.53 bits per heavy atom. The first-order valence-electron chi connectivity index (χ1n) is 8.20. The fourth-order valence-electron chi connectivity index (χ4n) is 3.86. The van der Waals surface area contributed by atoms with Crippen molar-refractivity contribution in [3.8, 4) is 0 Å². The minimum atomic E-state index is 0.257. The lowest BCUT2D eigenvalue weighted by atomic mass is 9.88. The van der Waals surface area contributed by atoms with Gasteiger partial charge in [0, 0.05) is 6.04 Å². The molecule has 1 atom stereocenters. The summed E-state index contributed by atoms with van der Waals surface area (Å²) >= 11 is 0. The number of nitrogens with two attached hydrogens (primary N) is 1. The average molecular weight is 257 g/mol. The summed E-state index contributed by atoms with van der Waals surface area (Å²) in [7, 11) is 0. The number of benzene rings is 1. The monoisotopic (exact) mass is 257 g/mol. The van der Waals surface area contributed by atoms with Gasteiger partial charge < -0.3 is 5.73 Å². The van der Waals surface area contributed by atoms with E-state index in [1.165, 1.54) is 69.8 Å². The first-order chi connectivity index (χ1) is 9.33. The first-order valence-corrected chi connectivity index (χ1v) is 8.20. The smallest absolute Gasteiger partial charge is 0.0295 e. The fourth-order valence-corrected chi connectivity index (χ4v) is 3.86. The molecule has 0 saturated heterocycles. The summed E-state index contributed by atoms with van der Waals surface area (Å²) < 4.78 is 0. The van der Waals surface area contributed by atoms with Crippen molar-refractivity contribution in [2.45, 2.75) is 70.3 Å². The van der Waals surface area contributed by atoms with E-state index >= 15 is 0 Å². The molecule has 0 bridgehead atoms. The Balaban J connectivity index is 1.60. The lowest BCUT2D eigenvalue weighted by Crippen LogP contribution is -2.13. The summed E-state index contributed by atoms with van der Waals surface area (Å²) in [5.74, 6) is 0.962. The highest BCUT2D eigenvalue weighted by Gasteiger charge is 2.17. The van der Waals surface area contributed by atoms with Crippen LogP contribution < -0.4 is 5.73 Å². The fraction of sp³-hybridized carbons (Fsp3) is 0.667. The molecule has 0 spiro atoms. The van der Waals surface area contributed by atoms with Crippen LogP contribution in [-0.2, 0) is 12.8 Å². The Morgan fingerprint density at radius 1 is 1.00 bits per heavy atom. The largest absolute Gasteiger partial charge is 0.324 e. The van der Waals surface area contributed by atoms with Gasteiger partial charge in [0.2, 0.25) is 0 Å². The molecule has 3 rings (SSSR count). The lowest BCUT2D eigenvalue weighted by Gasteiger charge is -2.20. The third-order valence-corrected chi connectivity index (χ3v) is 5.16. The van der Waals surface area contributed by atoms with E-state index in [1.807, 2.05) is 0 Å². The summed E-state index contributed by atoms with van der Waals surface area (Å²) in [5.41, 5.74) is 10.9. The van der Waals surface area contributed by atoms with Gasteiger partial charge in [-0.05, 0) is 61.1 Å². The Morgan fingerprint density at radius 2 is 1.74 bits per heavy atom. The maximum atomic E-state index is 6.41. The van der Waals surface area contributed by atoms with E-state index in [4.69, 9.17) is 5.73 Å². The number of hydrogen-bond acceptors (Lipinski definition) is 1.